The number of sulfonamides is 1. The van der Waals surface area contributed by atoms with Crippen LogP contribution in [-0.2, 0) is 14.8 Å². The molecule has 0 heterocycles. The number of amides is 1. The molecule has 0 spiro atoms. The summed E-state index contributed by atoms with van der Waals surface area (Å²) in [7, 11) is -3.77. The molecule has 0 aromatic heterocycles. The molecule has 1 unspecified atom stereocenters. The van der Waals surface area contributed by atoms with Crippen molar-refractivity contribution in [2.45, 2.75) is 19.9 Å². The van der Waals surface area contributed by atoms with E-state index in [1.165, 1.54) is 19.1 Å². The minimum atomic E-state index is -3.77. The number of halogens is 1. The second-order valence-corrected chi connectivity index (χ2v) is 8.25. The van der Waals surface area contributed by atoms with Crippen LogP contribution in [0.5, 0.6) is 0 Å². The van der Waals surface area contributed by atoms with Gasteiger partial charge in [-0.15, -0.1) is 0 Å². The number of nitro benzene ring substituents is 1. The third-order valence-electron chi connectivity index (χ3n) is 3.80. The van der Waals surface area contributed by atoms with Crippen molar-refractivity contribution in [1.82, 2.24) is 0 Å². The van der Waals surface area contributed by atoms with E-state index in [0.717, 1.165) is 22.2 Å². The summed E-state index contributed by atoms with van der Waals surface area (Å²) in [5, 5.41) is 13.5. The fourth-order valence-corrected chi connectivity index (χ4v) is 3.80. The van der Waals surface area contributed by atoms with Crippen LogP contribution in [0.2, 0.25) is 5.02 Å². The lowest BCUT2D eigenvalue weighted by Gasteiger charge is -2.28. The standard InChI is InChI=1S/C17H18ClN3O5S/c1-11-4-6-13(7-5-11)20(27(3,25)26)12(2)17(22)19-16-10-14(21(23)24)8-9-15(16)18/h4-10,12H,1-3H3,(H,19,22). The van der Waals surface area contributed by atoms with Gasteiger partial charge in [0.1, 0.15) is 6.04 Å². The molecule has 8 nitrogen and oxygen atoms in total. The third-order valence-corrected chi connectivity index (χ3v) is 5.37. The van der Waals surface area contributed by atoms with Crippen LogP contribution < -0.4 is 9.62 Å². The number of rotatable bonds is 6. The summed E-state index contributed by atoms with van der Waals surface area (Å²) in [4.78, 5) is 22.9. The highest BCUT2D eigenvalue weighted by molar-refractivity contribution is 7.92. The third kappa shape index (κ3) is 4.95. The van der Waals surface area contributed by atoms with Gasteiger partial charge >= 0.3 is 0 Å². The van der Waals surface area contributed by atoms with Crippen molar-refractivity contribution in [1.29, 1.82) is 0 Å². The van der Waals surface area contributed by atoms with E-state index in [4.69, 9.17) is 11.6 Å². The summed E-state index contributed by atoms with van der Waals surface area (Å²) in [5.74, 6) is -0.677. The quantitative estimate of drug-likeness (QED) is 0.579. The van der Waals surface area contributed by atoms with Gasteiger partial charge in [0.25, 0.3) is 5.69 Å². The van der Waals surface area contributed by atoms with E-state index in [0.29, 0.717) is 5.69 Å². The van der Waals surface area contributed by atoms with Gasteiger partial charge in [-0.3, -0.25) is 19.2 Å². The molecule has 0 aliphatic rings. The highest BCUT2D eigenvalue weighted by Crippen LogP contribution is 2.28. The maximum absolute atomic E-state index is 12.6. The topological polar surface area (TPSA) is 110 Å². The van der Waals surface area contributed by atoms with E-state index in [1.807, 2.05) is 6.92 Å². The summed E-state index contributed by atoms with van der Waals surface area (Å²) in [6, 6.07) is 9.15. The molecule has 144 valence electrons. The molecule has 0 aliphatic heterocycles. The molecule has 0 aliphatic carbocycles. The maximum atomic E-state index is 12.6. The maximum Gasteiger partial charge on any atom is 0.271 e. The van der Waals surface area contributed by atoms with E-state index in [9.17, 15) is 23.3 Å². The lowest BCUT2D eigenvalue weighted by Crippen LogP contribution is -2.45. The summed E-state index contributed by atoms with van der Waals surface area (Å²) in [6.07, 6.45) is 0.997. The van der Waals surface area contributed by atoms with Gasteiger partial charge in [-0.05, 0) is 32.0 Å². The SMILES string of the molecule is Cc1ccc(N(C(C)C(=O)Nc2cc([N+](=O)[O-])ccc2Cl)S(C)(=O)=O)cc1. The summed E-state index contributed by atoms with van der Waals surface area (Å²) in [5.41, 5.74) is 1.05. The van der Waals surface area contributed by atoms with Crippen LogP contribution in [0.4, 0.5) is 17.1 Å². The zero-order valence-corrected chi connectivity index (χ0v) is 16.4. The number of nitrogens with one attached hydrogen (secondary N) is 1. The molecule has 27 heavy (non-hydrogen) atoms. The van der Waals surface area contributed by atoms with E-state index in [1.54, 1.807) is 24.3 Å². The summed E-state index contributed by atoms with van der Waals surface area (Å²) < 4.78 is 25.5. The monoisotopic (exact) mass is 411 g/mol. The van der Waals surface area contributed by atoms with Crippen LogP contribution in [0.15, 0.2) is 42.5 Å². The molecule has 0 saturated heterocycles. The molecule has 0 fully saturated rings. The molecule has 10 heteroatoms. The van der Waals surface area contributed by atoms with Gasteiger partial charge in [-0.1, -0.05) is 29.3 Å². The molecular formula is C17H18ClN3O5S. The Kier molecular flexibility index (Phi) is 6.07. The molecule has 0 radical (unpaired) electrons. The van der Waals surface area contributed by atoms with Crippen LogP contribution >= 0.6 is 11.6 Å². The Hall–Kier alpha value is -2.65. The molecular weight excluding hydrogens is 394 g/mol. The number of carbonyl (C=O) groups is 1. The fraction of sp³-hybridized carbons (Fsp3) is 0.235. The van der Waals surface area contributed by atoms with E-state index in [-0.39, 0.29) is 16.4 Å². The number of anilines is 2. The molecule has 1 N–H and O–H groups in total. The van der Waals surface area contributed by atoms with E-state index in [2.05, 4.69) is 5.32 Å². The van der Waals surface area contributed by atoms with Crippen LogP contribution in [0, 0.1) is 17.0 Å². The lowest BCUT2D eigenvalue weighted by atomic mass is 10.2. The van der Waals surface area contributed by atoms with Crippen LogP contribution in [0.1, 0.15) is 12.5 Å². The highest BCUT2D eigenvalue weighted by Gasteiger charge is 2.29. The molecule has 0 saturated carbocycles. The van der Waals surface area contributed by atoms with Crippen molar-refractivity contribution in [3.63, 3.8) is 0 Å². The van der Waals surface area contributed by atoms with Gasteiger partial charge in [-0.25, -0.2) is 8.42 Å². The fourth-order valence-electron chi connectivity index (χ4n) is 2.46. The Morgan fingerprint density at radius 3 is 2.33 bits per heavy atom. The molecule has 2 aromatic rings. The summed E-state index contributed by atoms with van der Waals surface area (Å²) >= 11 is 5.98. The zero-order valence-electron chi connectivity index (χ0n) is 14.8. The molecule has 0 bridgehead atoms. The van der Waals surface area contributed by atoms with Crippen molar-refractivity contribution in [3.05, 3.63) is 63.2 Å². The molecule has 1 atom stereocenters. The second-order valence-electron chi connectivity index (χ2n) is 5.98. The molecule has 1 amide bonds. The number of carbonyl (C=O) groups excluding carboxylic acids is 1. The van der Waals surface area contributed by atoms with Gasteiger partial charge in [0, 0.05) is 12.1 Å². The highest BCUT2D eigenvalue weighted by atomic mass is 35.5. The minimum Gasteiger partial charge on any atom is -0.323 e. The smallest absolute Gasteiger partial charge is 0.271 e. The average molecular weight is 412 g/mol. The minimum absolute atomic E-state index is 0.0278. The predicted molar refractivity (Wildman–Crippen MR) is 105 cm³/mol. The number of aryl methyl sites for hydroxylation is 1. The van der Waals surface area contributed by atoms with Crippen molar-refractivity contribution >= 4 is 44.6 Å². The Morgan fingerprint density at radius 1 is 1.22 bits per heavy atom. The largest absolute Gasteiger partial charge is 0.323 e. The number of nitrogens with zero attached hydrogens (tertiary/aromatic N) is 2. The van der Waals surface area contributed by atoms with Crippen molar-refractivity contribution in [2.75, 3.05) is 15.9 Å². The summed E-state index contributed by atoms with van der Waals surface area (Å²) in [6.45, 7) is 3.27. The van der Waals surface area contributed by atoms with Gasteiger partial charge in [-0.2, -0.15) is 0 Å². The average Bonchev–Trinajstić information content (AvgIpc) is 2.57. The van der Waals surface area contributed by atoms with Crippen LogP contribution in [0.3, 0.4) is 0 Å². The Bertz CT molecular complexity index is 977. The van der Waals surface area contributed by atoms with Gasteiger partial charge in [0.15, 0.2) is 0 Å². The first-order valence-corrected chi connectivity index (χ1v) is 10.0. The Balaban J connectivity index is 2.34. The lowest BCUT2D eigenvalue weighted by molar-refractivity contribution is -0.384. The van der Waals surface area contributed by atoms with E-state index < -0.39 is 26.9 Å². The molecule has 2 aromatic carbocycles. The first-order chi connectivity index (χ1) is 12.5. The van der Waals surface area contributed by atoms with Crippen LogP contribution in [-0.4, -0.2) is 31.5 Å². The Morgan fingerprint density at radius 2 is 1.81 bits per heavy atom. The number of hydrogen-bond acceptors (Lipinski definition) is 5. The van der Waals surface area contributed by atoms with Gasteiger partial charge < -0.3 is 5.32 Å². The number of non-ortho nitro benzene ring substituents is 1. The van der Waals surface area contributed by atoms with Crippen molar-refractivity contribution in [3.8, 4) is 0 Å². The number of hydrogen-bond donors (Lipinski definition) is 1. The first kappa shape index (κ1) is 20.7. The van der Waals surface area contributed by atoms with Gasteiger partial charge in [0.05, 0.1) is 27.6 Å². The van der Waals surface area contributed by atoms with Crippen molar-refractivity contribution < 1.29 is 18.1 Å². The number of nitro groups is 1. The first-order valence-electron chi connectivity index (χ1n) is 7.81. The molecule has 2 rings (SSSR count). The second kappa shape index (κ2) is 7.93. The van der Waals surface area contributed by atoms with Crippen molar-refractivity contribution in [2.24, 2.45) is 0 Å². The van der Waals surface area contributed by atoms with Crippen LogP contribution in [0.25, 0.3) is 0 Å². The predicted octanol–water partition coefficient (Wildman–Crippen LogP) is 3.35. The normalized spacial score (nSPS) is 12.3. The van der Waals surface area contributed by atoms with E-state index >= 15 is 0 Å². The zero-order chi connectivity index (χ0) is 20.4. The van der Waals surface area contributed by atoms with Gasteiger partial charge in [0.2, 0.25) is 15.9 Å². The Labute approximate surface area is 162 Å². The number of benzene rings is 2.